The Bertz CT molecular complexity index is 138. The molecule has 0 spiro atoms. The van der Waals surface area contributed by atoms with E-state index in [0.29, 0.717) is 0 Å². The van der Waals surface area contributed by atoms with E-state index in [4.69, 9.17) is 22.3 Å². The Morgan fingerprint density at radius 1 is 0.769 bits per heavy atom. The van der Waals surface area contributed by atoms with Gasteiger partial charge in [-0.25, -0.2) is 0 Å². The molecule has 0 bridgehead atoms. The molecule has 1 rings (SSSR count). The van der Waals surface area contributed by atoms with Crippen LogP contribution in [0.3, 0.4) is 0 Å². The summed E-state index contributed by atoms with van der Waals surface area (Å²) in [6.45, 7) is 0. The normalized spacial score (nSPS) is 15.1. The maximum absolute atomic E-state index is 6.47. The second kappa shape index (κ2) is 7.39. The average Bonchev–Trinajstić information content (AvgIpc) is 2.06. The quantitative estimate of drug-likeness (QED) is 0.283. The van der Waals surface area contributed by atoms with Crippen LogP contribution in [0.2, 0.25) is 0 Å². The van der Waals surface area contributed by atoms with Gasteiger partial charge in [0.25, 0.3) is 0 Å². The van der Waals surface area contributed by atoms with Crippen LogP contribution in [0.4, 0.5) is 0 Å². The van der Waals surface area contributed by atoms with Gasteiger partial charge >= 0.3 is 0 Å². The summed E-state index contributed by atoms with van der Waals surface area (Å²) < 4.78 is 0. The van der Waals surface area contributed by atoms with Crippen LogP contribution >= 0.6 is 0 Å². The first-order valence-corrected chi connectivity index (χ1v) is 4.58. The van der Waals surface area contributed by atoms with Crippen LogP contribution in [0.5, 0.6) is 0 Å². The minimum Gasteiger partial charge on any atom is -0.370 e. The molecule has 0 aromatic rings. The fraction of sp³-hybridized carbons (Fsp3) is 0.750. The van der Waals surface area contributed by atoms with Gasteiger partial charge in [0, 0.05) is 0 Å². The number of hydrogen-bond acceptors (Lipinski definition) is 2. The molecule has 13 heavy (non-hydrogen) atoms. The van der Waals surface area contributed by atoms with Crippen LogP contribution in [0.1, 0.15) is 38.5 Å². The van der Waals surface area contributed by atoms with Gasteiger partial charge in [-0.05, 0) is 0 Å². The monoisotopic (exact) mass is 185 g/mol. The maximum atomic E-state index is 6.47. The van der Waals surface area contributed by atoms with Crippen LogP contribution in [-0.4, -0.2) is 11.9 Å². The molecule has 0 atom stereocenters. The van der Waals surface area contributed by atoms with Crippen molar-refractivity contribution in [1.82, 2.24) is 5.32 Å². The zero-order valence-electron chi connectivity index (χ0n) is 7.90. The highest BCUT2D eigenvalue weighted by Gasteiger charge is 1.95. The van der Waals surface area contributed by atoms with Crippen molar-refractivity contribution in [3.63, 3.8) is 0 Å². The largest absolute Gasteiger partial charge is 0.370 e. The van der Waals surface area contributed by atoms with E-state index in [2.05, 4.69) is 0 Å². The average molecular weight is 185 g/mol. The van der Waals surface area contributed by atoms with Gasteiger partial charge in [0.05, 0.1) is 0 Å². The maximum Gasteiger partial charge on any atom is 0.192 e. The van der Waals surface area contributed by atoms with Gasteiger partial charge in [-0.2, -0.15) is 0 Å². The Hall–Kier alpha value is -1.26. The standard InChI is InChI=1S/C6H12.C2H7N5/c1-2-4-6-5-3-1;3-1(4)7-2(5)6/h1-6H2;(H7,3,4,5,6,7). The first-order valence-electron chi connectivity index (χ1n) is 4.58. The number of nitrogens with one attached hydrogen (secondary N) is 3. The lowest BCUT2D eigenvalue weighted by Gasteiger charge is -2.05. The van der Waals surface area contributed by atoms with Crippen molar-refractivity contribution < 1.29 is 0 Å². The molecule has 1 fully saturated rings. The van der Waals surface area contributed by atoms with E-state index in [1.165, 1.54) is 38.5 Å². The summed E-state index contributed by atoms with van der Waals surface area (Å²) in [5.41, 5.74) is 9.49. The van der Waals surface area contributed by atoms with E-state index >= 15 is 0 Å². The molecular weight excluding hydrogens is 166 g/mol. The fourth-order valence-corrected chi connectivity index (χ4v) is 1.21. The Balaban J connectivity index is 0.000000223. The summed E-state index contributed by atoms with van der Waals surface area (Å²) in [7, 11) is 0. The molecular formula is C8H19N5. The molecule has 1 aliphatic rings. The minimum absolute atomic E-state index is 0.312. The molecule has 7 N–H and O–H groups in total. The van der Waals surface area contributed by atoms with Gasteiger partial charge < -0.3 is 11.5 Å². The Kier molecular flexibility index (Phi) is 6.68. The summed E-state index contributed by atoms with van der Waals surface area (Å²) in [6.07, 6.45) is 9.00. The van der Waals surface area contributed by atoms with Crippen LogP contribution in [0, 0.1) is 10.8 Å². The van der Waals surface area contributed by atoms with Gasteiger partial charge in [0.15, 0.2) is 11.9 Å². The number of guanidine groups is 2. The molecule has 1 aliphatic carbocycles. The molecule has 0 unspecified atom stereocenters. The molecule has 0 heterocycles. The SMILES string of the molecule is C1CCCCC1.N=C(N)NC(=N)N. The molecule has 76 valence electrons. The van der Waals surface area contributed by atoms with Crippen molar-refractivity contribution in [2.24, 2.45) is 11.5 Å². The van der Waals surface area contributed by atoms with E-state index in [9.17, 15) is 0 Å². The lowest BCUT2D eigenvalue weighted by molar-refractivity contribution is 0.504. The second-order valence-corrected chi connectivity index (χ2v) is 3.07. The number of nitrogens with two attached hydrogens (primary N) is 2. The van der Waals surface area contributed by atoms with Crippen LogP contribution in [-0.2, 0) is 0 Å². The zero-order chi connectivity index (χ0) is 10.1. The molecule has 0 amide bonds. The van der Waals surface area contributed by atoms with E-state index in [1.54, 1.807) is 0 Å². The van der Waals surface area contributed by atoms with Gasteiger partial charge in [-0.15, -0.1) is 0 Å². The molecule has 0 aromatic heterocycles. The summed E-state index contributed by atoms with van der Waals surface area (Å²) in [5.74, 6) is -0.625. The van der Waals surface area contributed by atoms with Gasteiger partial charge in [-0.3, -0.25) is 16.1 Å². The van der Waals surface area contributed by atoms with Crippen LogP contribution in [0.25, 0.3) is 0 Å². The van der Waals surface area contributed by atoms with E-state index < -0.39 is 0 Å². The van der Waals surface area contributed by atoms with E-state index in [0.717, 1.165) is 0 Å². The molecule has 0 saturated heterocycles. The summed E-state index contributed by atoms with van der Waals surface area (Å²) >= 11 is 0. The first-order chi connectivity index (χ1) is 6.13. The third-order valence-electron chi connectivity index (χ3n) is 1.77. The van der Waals surface area contributed by atoms with Crippen molar-refractivity contribution in [2.45, 2.75) is 38.5 Å². The second-order valence-electron chi connectivity index (χ2n) is 3.07. The highest BCUT2D eigenvalue weighted by atomic mass is 15.1. The van der Waals surface area contributed by atoms with Crippen LogP contribution < -0.4 is 16.8 Å². The van der Waals surface area contributed by atoms with Crippen molar-refractivity contribution >= 4 is 11.9 Å². The Morgan fingerprint density at radius 3 is 1.08 bits per heavy atom. The highest BCUT2D eigenvalue weighted by Crippen LogP contribution is 2.15. The molecule has 0 radical (unpaired) electrons. The molecule has 0 aliphatic heterocycles. The molecule has 5 heteroatoms. The Morgan fingerprint density at radius 2 is 1.00 bits per heavy atom. The molecule has 5 nitrogen and oxygen atoms in total. The lowest BCUT2D eigenvalue weighted by atomic mass is 10.0. The van der Waals surface area contributed by atoms with E-state index in [1.807, 2.05) is 5.32 Å². The smallest absolute Gasteiger partial charge is 0.192 e. The molecule has 1 saturated carbocycles. The zero-order valence-corrected chi connectivity index (χ0v) is 7.90. The van der Waals surface area contributed by atoms with Gasteiger partial charge in [0.1, 0.15) is 0 Å². The first kappa shape index (κ1) is 11.7. The third-order valence-corrected chi connectivity index (χ3v) is 1.77. The van der Waals surface area contributed by atoms with Crippen molar-refractivity contribution in [2.75, 3.05) is 0 Å². The van der Waals surface area contributed by atoms with Crippen molar-refractivity contribution in [3.8, 4) is 0 Å². The predicted molar refractivity (Wildman–Crippen MR) is 54.7 cm³/mol. The Labute approximate surface area is 78.9 Å². The van der Waals surface area contributed by atoms with Gasteiger partial charge in [0.2, 0.25) is 0 Å². The van der Waals surface area contributed by atoms with Crippen LogP contribution in [0.15, 0.2) is 0 Å². The topological polar surface area (TPSA) is 112 Å². The summed E-state index contributed by atoms with van der Waals surface area (Å²) in [4.78, 5) is 0. The highest BCUT2D eigenvalue weighted by molar-refractivity contribution is 5.93. The summed E-state index contributed by atoms with van der Waals surface area (Å²) in [5, 5.41) is 15.0. The van der Waals surface area contributed by atoms with Gasteiger partial charge in [-0.1, -0.05) is 38.5 Å². The van der Waals surface area contributed by atoms with Crippen molar-refractivity contribution in [3.05, 3.63) is 0 Å². The predicted octanol–water partition coefficient (Wildman–Crippen LogP) is 0.704. The number of rotatable bonds is 0. The third kappa shape index (κ3) is 10.7. The fourth-order valence-electron chi connectivity index (χ4n) is 1.21. The lowest BCUT2D eigenvalue weighted by Crippen LogP contribution is -2.39. The van der Waals surface area contributed by atoms with E-state index in [-0.39, 0.29) is 11.9 Å². The summed E-state index contributed by atoms with van der Waals surface area (Å²) in [6, 6.07) is 0. The van der Waals surface area contributed by atoms with Crippen molar-refractivity contribution in [1.29, 1.82) is 10.8 Å². The minimum atomic E-state index is -0.312. The molecule has 0 aromatic carbocycles. The number of hydrogen-bond donors (Lipinski definition) is 5.